The monoisotopic (exact) mass is 265 g/mol. The summed E-state index contributed by atoms with van der Waals surface area (Å²) < 4.78 is 0. The Morgan fingerprint density at radius 2 is 2.35 bits per heavy atom. The summed E-state index contributed by atoms with van der Waals surface area (Å²) >= 11 is 7.41. The van der Waals surface area contributed by atoms with Gasteiger partial charge in [0.1, 0.15) is 11.5 Å². The summed E-state index contributed by atoms with van der Waals surface area (Å²) in [7, 11) is 0. The third kappa shape index (κ3) is 2.09. The quantitative estimate of drug-likeness (QED) is 0.715. The first-order valence-electron chi connectivity index (χ1n) is 4.94. The largest absolute Gasteiger partial charge is 0.364 e. The highest BCUT2D eigenvalue weighted by Crippen LogP contribution is 2.21. The van der Waals surface area contributed by atoms with Gasteiger partial charge in [-0.25, -0.2) is 9.97 Å². The van der Waals surface area contributed by atoms with E-state index in [2.05, 4.69) is 25.3 Å². The molecule has 86 valence electrons. The number of halogens is 1. The summed E-state index contributed by atoms with van der Waals surface area (Å²) in [5, 5.41) is 6.34. The molecule has 0 spiro atoms. The molecule has 0 aromatic carbocycles. The number of hydrogen-bond donors (Lipinski definition) is 2. The molecule has 0 saturated carbocycles. The second kappa shape index (κ2) is 4.31. The zero-order chi connectivity index (χ0) is 11.7. The van der Waals surface area contributed by atoms with Crippen LogP contribution in [0, 0.1) is 0 Å². The summed E-state index contributed by atoms with van der Waals surface area (Å²) in [6.45, 7) is 0.622. The second-order valence-corrected chi connectivity index (χ2v) is 4.47. The van der Waals surface area contributed by atoms with Crippen LogP contribution in [0.15, 0.2) is 23.2 Å². The maximum Gasteiger partial charge on any atom is 0.226 e. The Balaban J connectivity index is 1.91. The van der Waals surface area contributed by atoms with Gasteiger partial charge in [-0.2, -0.15) is 4.98 Å². The van der Waals surface area contributed by atoms with Gasteiger partial charge in [0.15, 0.2) is 0 Å². The average molecular weight is 266 g/mol. The Hall–Kier alpha value is -1.66. The van der Waals surface area contributed by atoms with E-state index < -0.39 is 0 Å². The molecule has 3 aromatic heterocycles. The van der Waals surface area contributed by atoms with Gasteiger partial charge in [-0.05, 0) is 17.7 Å². The average Bonchev–Trinajstić information content (AvgIpc) is 2.95. The van der Waals surface area contributed by atoms with Crippen molar-refractivity contribution in [2.75, 3.05) is 5.32 Å². The Bertz CT molecular complexity index is 633. The molecule has 3 aromatic rings. The lowest BCUT2D eigenvalue weighted by atomic mass is 10.3. The van der Waals surface area contributed by atoms with Crippen molar-refractivity contribution < 1.29 is 0 Å². The molecule has 0 bridgehead atoms. The van der Waals surface area contributed by atoms with E-state index in [9.17, 15) is 0 Å². The molecule has 0 saturated heterocycles. The van der Waals surface area contributed by atoms with Gasteiger partial charge in [-0.3, -0.25) is 0 Å². The van der Waals surface area contributed by atoms with Gasteiger partial charge >= 0.3 is 0 Å². The third-order valence-corrected chi connectivity index (χ3v) is 3.11. The summed E-state index contributed by atoms with van der Waals surface area (Å²) in [4.78, 5) is 15.5. The first-order chi connectivity index (χ1) is 8.33. The van der Waals surface area contributed by atoms with Crippen LogP contribution < -0.4 is 5.32 Å². The van der Waals surface area contributed by atoms with Crippen LogP contribution in [0.3, 0.4) is 0 Å². The molecule has 17 heavy (non-hydrogen) atoms. The van der Waals surface area contributed by atoms with Gasteiger partial charge in [0.2, 0.25) is 5.28 Å². The van der Waals surface area contributed by atoms with E-state index in [1.807, 2.05) is 17.6 Å². The number of fused-ring (bicyclic) bond motifs is 1. The summed E-state index contributed by atoms with van der Waals surface area (Å²) in [5.74, 6) is 0.717. The van der Waals surface area contributed by atoms with Crippen molar-refractivity contribution in [1.82, 2.24) is 19.9 Å². The lowest BCUT2D eigenvalue weighted by Gasteiger charge is -2.05. The van der Waals surface area contributed by atoms with Gasteiger partial charge in [0.05, 0.1) is 23.1 Å². The normalized spacial score (nSPS) is 10.9. The fraction of sp³-hybridized carbons (Fsp3) is 0.100. The molecule has 0 atom stereocenters. The summed E-state index contributed by atoms with van der Waals surface area (Å²) in [6.07, 6.45) is 1.81. The van der Waals surface area contributed by atoms with E-state index in [0.717, 1.165) is 16.7 Å². The Morgan fingerprint density at radius 3 is 3.18 bits per heavy atom. The molecule has 3 rings (SSSR count). The van der Waals surface area contributed by atoms with E-state index in [0.29, 0.717) is 12.4 Å². The van der Waals surface area contributed by atoms with Gasteiger partial charge < -0.3 is 10.3 Å². The number of hydrogen-bond acceptors (Lipinski definition) is 5. The van der Waals surface area contributed by atoms with E-state index in [4.69, 9.17) is 11.6 Å². The Kier molecular flexibility index (Phi) is 2.66. The predicted molar refractivity (Wildman–Crippen MR) is 68.3 cm³/mol. The molecule has 0 aliphatic carbocycles. The molecule has 2 N–H and O–H groups in total. The topological polar surface area (TPSA) is 66.5 Å². The molecule has 0 unspecified atom stereocenters. The van der Waals surface area contributed by atoms with Crippen LogP contribution in [-0.2, 0) is 6.54 Å². The summed E-state index contributed by atoms with van der Waals surface area (Å²) in [6, 6.07) is 1.91. The maximum atomic E-state index is 5.85. The van der Waals surface area contributed by atoms with Crippen LogP contribution >= 0.6 is 22.9 Å². The van der Waals surface area contributed by atoms with Crippen molar-refractivity contribution in [2.45, 2.75) is 6.54 Å². The molecule has 0 fully saturated rings. The number of aromatic amines is 1. The van der Waals surface area contributed by atoms with Gasteiger partial charge in [0.25, 0.3) is 0 Å². The molecule has 0 amide bonds. The van der Waals surface area contributed by atoms with E-state index in [1.54, 1.807) is 16.8 Å². The highest BCUT2D eigenvalue weighted by molar-refractivity contribution is 7.07. The van der Waals surface area contributed by atoms with Crippen LogP contribution in [0.25, 0.3) is 11.0 Å². The maximum absolute atomic E-state index is 5.85. The predicted octanol–water partition coefficient (Wildman–Crippen LogP) is 2.68. The summed E-state index contributed by atoms with van der Waals surface area (Å²) in [5.41, 5.74) is 3.51. The Labute approximate surface area is 106 Å². The van der Waals surface area contributed by atoms with E-state index in [-0.39, 0.29) is 5.28 Å². The van der Waals surface area contributed by atoms with Gasteiger partial charge in [-0.15, -0.1) is 11.3 Å². The van der Waals surface area contributed by atoms with Gasteiger partial charge in [-0.1, -0.05) is 0 Å². The molecule has 7 heteroatoms. The minimum atomic E-state index is 0.223. The number of rotatable bonds is 3. The van der Waals surface area contributed by atoms with Crippen LogP contribution in [0.2, 0.25) is 5.28 Å². The second-order valence-electron chi connectivity index (χ2n) is 3.41. The number of thiazole rings is 1. The van der Waals surface area contributed by atoms with Crippen molar-refractivity contribution in [3.05, 3.63) is 34.1 Å². The van der Waals surface area contributed by atoms with E-state index >= 15 is 0 Å². The molecular weight excluding hydrogens is 258 g/mol. The first kappa shape index (κ1) is 10.5. The van der Waals surface area contributed by atoms with Crippen LogP contribution in [0.1, 0.15) is 5.69 Å². The molecule has 0 radical (unpaired) electrons. The fourth-order valence-corrected chi connectivity index (χ4v) is 2.28. The first-order valence-corrected chi connectivity index (χ1v) is 6.26. The number of nitrogens with zero attached hydrogens (tertiary/aromatic N) is 3. The smallest absolute Gasteiger partial charge is 0.226 e. The molecule has 5 nitrogen and oxygen atoms in total. The SMILES string of the molecule is Clc1nc(NCc2cscn2)c2cc[nH]c2n1. The number of aromatic nitrogens is 4. The van der Waals surface area contributed by atoms with Crippen molar-refractivity contribution in [3.8, 4) is 0 Å². The van der Waals surface area contributed by atoms with Crippen LogP contribution in [0.5, 0.6) is 0 Å². The minimum Gasteiger partial charge on any atom is -0.364 e. The molecule has 0 aliphatic heterocycles. The minimum absolute atomic E-state index is 0.223. The van der Waals surface area contributed by atoms with E-state index in [1.165, 1.54) is 0 Å². The van der Waals surface area contributed by atoms with Crippen molar-refractivity contribution >= 4 is 39.8 Å². The zero-order valence-corrected chi connectivity index (χ0v) is 10.2. The number of anilines is 1. The Morgan fingerprint density at radius 1 is 1.41 bits per heavy atom. The molecule has 3 heterocycles. The molecule has 0 aliphatic rings. The standard InChI is InChI=1S/C10H8ClN5S/c11-10-15-8-7(1-2-12-8)9(16-10)13-3-6-4-17-5-14-6/h1-2,4-5H,3H2,(H2,12,13,15,16). The molecular formula is C10H8ClN5S. The zero-order valence-electron chi connectivity index (χ0n) is 8.64. The number of nitrogens with one attached hydrogen (secondary N) is 2. The highest BCUT2D eigenvalue weighted by Gasteiger charge is 2.07. The highest BCUT2D eigenvalue weighted by atomic mass is 35.5. The van der Waals surface area contributed by atoms with Crippen molar-refractivity contribution in [3.63, 3.8) is 0 Å². The van der Waals surface area contributed by atoms with Gasteiger partial charge in [0, 0.05) is 11.6 Å². The third-order valence-electron chi connectivity index (χ3n) is 2.31. The van der Waals surface area contributed by atoms with Crippen LogP contribution in [-0.4, -0.2) is 19.9 Å². The van der Waals surface area contributed by atoms with Crippen molar-refractivity contribution in [2.24, 2.45) is 0 Å². The fourth-order valence-electron chi connectivity index (χ4n) is 1.55. The number of H-pyrrole nitrogens is 1. The lowest BCUT2D eigenvalue weighted by Crippen LogP contribution is -2.02. The van der Waals surface area contributed by atoms with Crippen molar-refractivity contribution in [1.29, 1.82) is 0 Å². The lowest BCUT2D eigenvalue weighted by molar-refractivity contribution is 1.05. The van der Waals surface area contributed by atoms with Crippen LogP contribution in [0.4, 0.5) is 5.82 Å².